The minimum atomic E-state index is -0.974. The average molecular weight is 621 g/mol. The quantitative estimate of drug-likeness (QED) is 0.254. The summed E-state index contributed by atoms with van der Waals surface area (Å²) in [6, 6.07) is 14.8. The summed E-state index contributed by atoms with van der Waals surface area (Å²) in [5, 5.41) is 9.82. The summed E-state index contributed by atoms with van der Waals surface area (Å²) in [5.41, 5.74) is 3.08. The van der Waals surface area contributed by atoms with Crippen LogP contribution >= 0.6 is 11.6 Å². The Balaban J connectivity index is 1.12. The first kappa shape index (κ1) is 28.8. The fraction of sp³-hybridized carbons (Fsp3) is 0.333. The number of para-hydroxylation sites is 1. The number of carbonyl (C=O) groups is 1. The molecule has 1 unspecified atom stereocenters. The number of ether oxygens (including phenoxy) is 2. The predicted octanol–water partition coefficient (Wildman–Crippen LogP) is 6.47. The van der Waals surface area contributed by atoms with Crippen LogP contribution in [0.5, 0.6) is 5.75 Å². The van der Waals surface area contributed by atoms with Gasteiger partial charge in [-0.25, -0.2) is 18.6 Å². The maximum absolute atomic E-state index is 15.3. The minimum Gasteiger partial charge on any atom is -0.478 e. The van der Waals surface area contributed by atoms with Crippen molar-refractivity contribution >= 4 is 40.1 Å². The van der Waals surface area contributed by atoms with E-state index < -0.39 is 23.7 Å². The van der Waals surface area contributed by atoms with E-state index in [4.69, 9.17) is 26.1 Å². The van der Waals surface area contributed by atoms with Gasteiger partial charge in [-0.1, -0.05) is 23.7 Å². The second kappa shape index (κ2) is 11.5. The van der Waals surface area contributed by atoms with Crippen molar-refractivity contribution in [2.75, 3.05) is 31.1 Å². The second-order valence-electron chi connectivity index (χ2n) is 11.6. The Labute approximate surface area is 258 Å². The van der Waals surface area contributed by atoms with Crippen LogP contribution in [0.2, 0.25) is 5.02 Å². The summed E-state index contributed by atoms with van der Waals surface area (Å²) >= 11 is 5.93. The van der Waals surface area contributed by atoms with Gasteiger partial charge in [0.2, 0.25) is 0 Å². The van der Waals surface area contributed by atoms with Gasteiger partial charge in [0.05, 0.1) is 47.0 Å². The number of carboxylic acid groups (broad SMARTS) is 1. The minimum absolute atomic E-state index is 0.0813. The number of imidazole rings is 1. The lowest BCUT2D eigenvalue weighted by Gasteiger charge is -2.42. The van der Waals surface area contributed by atoms with Gasteiger partial charge < -0.3 is 24.0 Å². The number of benzene rings is 3. The molecule has 2 saturated heterocycles. The number of rotatable bonds is 7. The molecule has 2 fully saturated rings. The Hall–Kier alpha value is -3.99. The van der Waals surface area contributed by atoms with Gasteiger partial charge in [0.15, 0.2) is 5.75 Å². The summed E-state index contributed by atoms with van der Waals surface area (Å²) in [5.74, 6) is -0.732. The van der Waals surface area contributed by atoms with E-state index in [1.165, 1.54) is 18.2 Å². The molecule has 1 aromatic heterocycles. The standard InChI is InChI=1S/C33H31ClF2N4O4/c1-19-16-39(28-4-2-3-24-26(36)15-30(44-32(24)28)23-7-6-21(34)14-25(23)35)11-10-38(19)18-31-37-27-8-5-20(33(41)42)13-29(27)40(31)17-22-9-12-43-22/h2-8,13-15,19,22,30H,9-12,16-18H2,1H3,(H,41,42)/t19-,22-,30?/m0/s1. The monoisotopic (exact) mass is 620 g/mol. The zero-order valence-electron chi connectivity index (χ0n) is 24.1. The molecule has 3 atom stereocenters. The predicted molar refractivity (Wildman–Crippen MR) is 163 cm³/mol. The van der Waals surface area contributed by atoms with Crippen molar-refractivity contribution in [2.45, 2.75) is 44.7 Å². The fourth-order valence-corrected chi connectivity index (χ4v) is 6.41. The molecule has 228 valence electrons. The number of anilines is 1. The molecular weight excluding hydrogens is 590 g/mol. The van der Waals surface area contributed by atoms with E-state index in [0.29, 0.717) is 44.0 Å². The number of halogens is 3. The zero-order valence-corrected chi connectivity index (χ0v) is 24.8. The van der Waals surface area contributed by atoms with Gasteiger partial charge in [0, 0.05) is 42.9 Å². The molecule has 0 saturated carbocycles. The van der Waals surface area contributed by atoms with Gasteiger partial charge in [-0.3, -0.25) is 4.90 Å². The number of carboxylic acids is 1. The van der Waals surface area contributed by atoms with Crippen molar-refractivity contribution < 1.29 is 28.2 Å². The van der Waals surface area contributed by atoms with Crippen LogP contribution < -0.4 is 9.64 Å². The molecule has 0 radical (unpaired) electrons. The number of fused-ring (bicyclic) bond motifs is 2. The van der Waals surface area contributed by atoms with E-state index in [0.717, 1.165) is 35.6 Å². The molecule has 0 spiro atoms. The number of piperazine rings is 1. The van der Waals surface area contributed by atoms with Gasteiger partial charge in [-0.15, -0.1) is 0 Å². The van der Waals surface area contributed by atoms with Crippen LogP contribution in [0.1, 0.15) is 46.8 Å². The lowest BCUT2D eigenvalue weighted by Crippen LogP contribution is -2.52. The first-order valence-corrected chi connectivity index (χ1v) is 15.1. The van der Waals surface area contributed by atoms with Gasteiger partial charge in [-0.2, -0.15) is 0 Å². The number of nitrogens with zero attached hydrogens (tertiary/aromatic N) is 4. The lowest BCUT2D eigenvalue weighted by atomic mass is 10.0. The van der Waals surface area contributed by atoms with E-state index in [1.54, 1.807) is 36.4 Å². The average Bonchev–Trinajstić information content (AvgIpc) is 3.31. The third kappa shape index (κ3) is 5.31. The van der Waals surface area contributed by atoms with Gasteiger partial charge in [-0.05, 0) is 61.9 Å². The molecule has 0 bridgehead atoms. The van der Waals surface area contributed by atoms with Gasteiger partial charge >= 0.3 is 5.97 Å². The Bertz CT molecular complexity index is 1790. The van der Waals surface area contributed by atoms with Crippen LogP contribution in [0.3, 0.4) is 0 Å². The van der Waals surface area contributed by atoms with Crippen LogP contribution in [-0.4, -0.2) is 63.9 Å². The van der Waals surface area contributed by atoms with Crippen LogP contribution in [0.4, 0.5) is 14.5 Å². The van der Waals surface area contributed by atoms with E-state index in [1.807, 2.05) is 6.07 Å². The Morgan fingerprint density at radius 3 is 2.70 bits per heavy atom. The van der Waals surface area contributed by atoms with E-state index in [2.05, 4.69) is 21.3 Å². The third-order valence-electron chi connectivity index (χ3n) is 8.77. The first-order chi connectivity index (χ1) is 21.2. The normalized spacial score (nSPS) is 21.9. The van der Waals surface area contributed by atoms with Crippen molar-refractivity contribution in [3.8, 4) is 5.75 Å². The summed E-state index contributed by atoms with van der Waals surface area (Å²) in [6.07, 6.45) is 1.41. The van der Waals surface area contributed by atoms with Crippen molar-refractivity contribution in [2.24, 2.45) is 0 Å². The SMILES string of the molecule is C[C@H]1CN(c2cccc3c2OC(c2ccc(Cl)cc2F)C=C3F)CCN1Cc1nc2ccc(C(=O)O)cc2n1C[C@@H]1CCO1. The molecule has 0 aliphatic carbocycles. The molecule has 3 aromatic carbocycles. The van der Waals surface area contributed by atoms with Crippen molar-refractivity contribution in [1.29, 1.82) is 0 Å². The van der Waals surface area contributed by atoms with Crippen LogP contribution in [0, 0.1) is 5.82 Å². The van der Waals surface area contributed by atoms with E-state index in [9.17, 15) is 14.3 Å². The second-order valence-corrected chi connectivity index (χ2v) is 12.0. The summed E-state index contributed by atoms with van der Waals surface area (Å²) < 4.78 is 44.1. The maximum Gasteiger partial charge on any atom is 0.335 e. The summed E-state index contributed by atoms with van der Waals surface area (Å²) in [4.78, 5) is 21.1. The van der Waals surface area contributed by atoms with Crippen LogP contribution in [0.15, 0.2) is 60.7 Å². The van der Waals surface area contributed by atoms with Crippen molar-refractivity contribution in [3.05, 3.63) is 94.0 Å². The molecule has 4 heterocycles. The molecule has 11 heteroatoms. The van der Waals surface area contributed by atoms with Crippen molar-refractivity contribution in [3.63, 3.8) is 0 Å². The molecular formula is C33H31ClF2N4O4. The molecule has 3 aliphatic rings. The highest BCUT2D eigenvalue weighted by Gasteiger charge is 2.32. The van der Waals surface area contributed by atoms with Gasteiger partial charge in [0.25, 0.3) is 0 Å². The largest absolute Gasteiger partial charge is 0.478 e. The van der Waals surface area contributed by atoms with Crippen molar-refractivity contribution in [1.82, 2.24) is 14.5 Å². The summed E-state index contributed by atoms with van der Waals surface area (Å²) in [7, 11) is 0. The molecule has 3 aliphatic heterocycles. The highest BCUT2D eigenvalue weighted by Crippen LogP contribution is 2.45. The van der Waals surface area contributed by atoms with Gasteiger partial charge in [0.1, 0.15) is 23.6 Å². The molecule has 1 N–H and O–H groups in total. The number of hydrogen-bond donors (Lipinski definition) is 1. The molecule has 4 aromatic rings. The fourth-order valence-electron chi connectivity index (χ4n) is 6.25. The molecule has 0 amide bonds. The highest BCUT2D eigenvalue weighted by atomic mass is 35.5. The Kier molecular flexibility index (Phi) is 7.52. The molecule has 7 rings (SSSR count). The topological polar surface area (TPSA) is 80.1 Å². The van der Waals surface area contributed by atoms with Crippen LogP contribution in [-0.2, 0) is 17.8 Å². The first-order valence-electron chi connectivity index (χ1n) is 14.7. The molecule has 8 nitrogen and oxygen atoms in total. The van der Waals surface area contributed by atoms with E-state index in [-0.39, 0.29) is 28.3 Å². The smallest absolute Gasteiger partial charge is 0.335 e. The summed E-state index contributed by atoms with van der Waals surface area (Å²) in [6.45, 7) is 6.09. The number of aromatic nitrogens is 2. The third-order valence-corrected chi connectivity index (χ3v) is 9.00. The molecule has 44 heavy (non-hydrogen) atoms. The zero-order chi connectivity index (χ0) is 30.5. The number of aromatic carboxylic acids is 1. The van der Waals surface area contributed by atoms with E-state index >= 15 is 4.39 Å². The Morgan fingerprint density at radius 1 is 1.14 bits per heavy atom. The number of hydrogen-bond acceptors (Lipinski definition) is 6. The highest BCUT2D eigenvalue weighted by molar-refractivity contribution is 6.30. The lowest BCUT2D eigenvalue weighted by molar-refractivity contribution is -0.0592. The Morgan fingerprint density at radius 2 is 1.98 bits per heavy atom. The maximum atomic E-state index is 15.3. The van der Waals surface area contributed by atoms with Crippen LogP contribution in [0.25, 0.3) is 16.9 Å².